The fraction of sp³-hybridized carbons (Fsp3) is 0.200. The number of nitrogens with two attached hydrogens (primary N) is 1. The van der Waals surface area contributed by atoms with Gasteiger partial charge < -0.3 is 15.4 Å². The Bertz CT molecular complexity index is 612. The van der Waals surface area contributed by atoms with Crippen molar-refractivity contribution >= 4 is 11.5 Å². The Balaban J connectivity index is 2.21. The van der Waals surface area contributed by atoms with Crippen LogP contribution >= 0.6 is 0 Å². The number of benzene rings is 1. The Morgan fingerprint density at radius 2 is 2.10 bits per heavy atom. The lowest BCUT2D eigenvalue weighted by Gasteiger charge is -2.21. The van der Waals surface area contributed by atoms with Gasteiger partial charge in [0, 0.05) is 31.0 Å². The van der Waals surface area contributed by atoms with E-state index in [0.29, 0.717) is 12.2 Å². The second-order valence-corrected chi connectivity index (χ2v) is 4.48. The quantitative estimate of drug-likeness (QED) is 0.643. The number of hydrogen-bond donors (Lipinski definition) is 2. The predicted octanol–water partition coefficient (Wildman–Crippen LogP) is 2.01. The first-order valence-electron chi connectivity index (χ1n) is 6.25. The summed E-state index contributed by atoms with van der Waals surface area (Å²) in [7, 11) is 3.64. The normalized spacial score (nSPS) is 10.1. The number of nitrogens with zero attached hydrogens (tertiary/aromatic N) is 2. The number of methoxy groups -OCH3 is 1. The summed E-state index contributed by atoms with van der Waals surface area (Å²) in [5, 5.41) is 7.43. The number of hydrogen-bond acceptors (Lipinski definition) is 4. The molecule has 1 heterocycles. The summed E-state index contributed by atoms with van der Waals surface area (Å²) in [5.74, 6) is 0.831. The molecule has 0 saturated carbocycles. The number of aromatic nitrogens is 1. The van der Waals surface area contributed by atoms with Crippen LogP contribution in [0.25, 0.3) is 0 Å². The van der Waals surface area contributed by atoms with Crippen LogP contribution in [0.5, 0.6) is 5.75 Å². The maximum Gasteiger partial charge on any atom is 0.141 e. The van der Waals surface area contributed by atoms with Gasteiger partial charge in [-0.05, 0) is 18.2 Å². The standard InChI is InChI=1S/C15H18N4O/c1-19(10-11-5-3-4-6-14(11)20-2)12-7-8-18-13(9-12)15(16)17/h3-9H,10H2,1-2H3,(H3,16,17). The zero-order chi connectivity index (χ0) is 14.5. The number of nitrogen functional groups attached to an aromatic ring is 1. The molecule has 2 aromatic rings. The molecule has 0 bridgehead atoms. The van der Waals surface area contributed by atoms with E-state index in [0.717, 1.165) is 17.0 Å². The highest BCUT2D eigenvalue weighted by atomic mass is 16.5. The fourth-order valence-electron chi connectivity index (χ4n) is 1.98. The third kappa shape index (κ3) is 3.06. The predicted molar refractivity (Wildman–Crippen MR) is 80.4 cm³/mol. The number of nitrogens with one attached hydrogen (secondary N) is 1. The lowest BCUT2D eigenvalue weighted by Crippen LogP contribution is -2.19. The summed E-state index contributed by atoms with van der Waals surface area (Å²) in [6.07, 6.45) is 1.66. The smallest absolute Gasteiger partial charge is 0.141 e. The van der Waals surface area contributed by atoms with Crippen molar-refractivity contribution in [1.29, 1.82) is 5.41 Å². The van der Waals surface area contributed by atoms with Crippen molar-refractivity contribution in [1.82, 2.24) is 4.98 Å². The molecule has 20 heavy (non-hydrogen) atoms. The van der Waals surface area contributed by atoms with E-state index in [-0.39, 0.29) is 5.84 Å². The van der Waals surface area contributed by atoms with Crippen LogP contribution in [0.4, 0.5) is 5.69 Å². The Hall–Kier alpha value is -2.56. The molecule has 0 aliphatic carbocycles. The minimum absolute atomic E-state index is 0.0301. The number of para-hydroxylation sites is 1. The first kappa shape index (κ1) is 13.9. The molecule has 0 aliphatic heterocycles. The lowest BCUT2D eigenvalue weighted by molar-refractivity contribution is 0.409. The fourth-order valence-corrected chi connectivity index (χ4v) is 1.98. The van der Waals surface area contributed by atoms with E-state index in [2.05, 4.69) is 9.88 Å². The van der Waals surface area contributed by atoms with E-state index in [4.69, 9.17) is 15.9 Å². The van der Waals surface area contributed by atoms with Crippen LogP contribution in [0, 0.1) is 5.41 Å². The van der Waals surface area contributed by atoms with Gasteiger partial charge in [-0.15, -0.1) is 0 Å². The van der Waals surface area contributed by atoms with E-state index in [1.165, 1.54) is 0 Å². The van der Waals surface area contributed by atoms with Crippen molar-refractivity contribution in [3.8, 4) is 5.75 Å². The van der Waals surface area contributed by atoms with Gasteiger partial charge in [0.25, 0.3) is 0 Å². The van der Waals surface area contributed by atoms with Gasteiger partial charge in [-0.3, -0.25) is 10.4 Å². The minimum atomic E-state index is -0.0301. The monoisotopic (exact) mass is 270 g/mol. The van der Waals surface area contributed by atoms with Crippen LogP contribution in [0.15, 0.2) is 42.6 Å². The molecule has 0 saturated heterocycles. The van der Waals surface area contributed by atoms with Crippen LogP contribution in [0.2, 0.25) is 0 Å². The second-order valence-electron chi connectivity index (χ2n) is 4.48. The molecule has 104 valence electrons. The van der Waals surface area contributed by atoms with Gasteiger partial charge >= 0.3 is 0 Å². The summed E-state index contributed by atoms with van der Waals surface area (Å²) < 4.78 is 5.35. The van der Waals surface area contributed by atoms with Gasteiger partial charge in [0.1, 0.15) is 17.3 Å². The van der Waals surface area contributed by atoms with Crippen molar-refractivity contribution in [2.24, 2.45) is 5.73 Å². The minimum Gasteiger partial charge on any atom is -0.496 e. The number of ether oxygens (including phenoxy) is 1. The van der Waals surface area contributed by atoms with E-state index in [1.54, 1.807) is 19.4 Å². The zero-order valence-electron chi connectivity index (χ0n) is 11.6. The Kier molecular flexibility index (Phi) is 4.20. The molecule has 2 rings (SSSR count). The average molecular weight is 270 g/mol. The van der Waals surface area contributed by atoms with Gasteiger partial charge in [-0.25, -0.2) is 0 Å². The van der Waals surface area contributed by atoms with E-state index >= 15 is 0 Å². The topological polar surface area (TPSA) is 75.2 Å². The van der Waals surface area contributed by atoms with Crippen LogP contribution in [-0.2, 0) is 6.54 Å². The molecule has 1 aromatic carbocycles. The molecule has 0 unspecified atom stereocenters. The first-order valence-corrected chi connectivity index (χ1v) is 6.25. The number of pyridine rings is 1. The maximum absolute atomic E-state index is 7.43. The number of rotatable bonds is 5. The molecule has 0 aliphatic rings. The van der Waals surface area contributed by atoms with E-state index in [1.807, 2.05) is 37.4 Å². The summed E-state index contributed by atoms with van der Waals surface area (Å²) >= 11 is 0. The molecule has 0 amide bonds. The van der Waals surface area contributed by atoms with Gasteiger partial charge in [-0.1, -0.05) is 18.2 Å². The molecular weight excluding hydrogens is 252 g/mol. The molecule has 5 nitrogen and oxygen atoms in total. The second kappa shape index (κ2) is 6.06. The molecule has 0 fully saturated rings. The van der Waals surface area contributed by atoms with E-state index < -0.39 is 0 Å². The Morgan fingerprint density at radius 3 is 2.80 bits per heavy atom. The van der Waals surface area contributed by atoms with Crippen molar-refractivity contribution in [3.63, 3.8) is 0 Å². The molecular formula is C15H18N4O. The Morgan fingerprint density at radius 1 is 1.35 bits per heavy atom. The maximum atomic E-state index is 7.43. The molecule has 5 heteroatoms. The van der Waals surface area contributed by atoms with Crippen molar-refractivity contribution in [3.05, 3.63) is 53.9 Å². The number of amidine groups is 1. The third-order valence-electron chi connectivity index (χ3n) is 3.06. The van der Waals surface area contributed by atoms with Crippen molar-refractivity contribution in [2.45, 2.75) is 6.54 Å². The van der Waals surface area contributed by atoms with Crippen LogP contribution < -0.4 is 15.4 Å². The summed E-state index contributed by atoms with van der Waals surface area (Å²) in [5.41, 5.74) is 7.99. The highest BCUT2D eigenvalue weighted by Gasteiger charge is 2.08. The van der Waals surface area contributed by atoms with Crippen molar-refractivity contribution < 1.29 is 4.74 Å². The SMILES string of the molecule is COc1ccccc1CN(C)c1ccnc(C(=N)N)c1. The Labute approximate surface area is 118 Å². The van der Waals surface area contributed by atoms with Gasteiger partial charge in [0.15, 0.2) is 0 Å². The summed E-state index contributed by atoms with van der Waals surface area (Å²) in [6, 6.07) is 11.6. The van der Waals surface area contributed by atoms with Gasteiger partial charge in [0.05, 0.1) is 7.11 Å². The number of anilines is 1. The lowest BCUT2D eigenvalue weighted by atomic mass is 10.2. The van der Waals surface area contributed by atoms with Gasteiger partial charge in [-0.2, -0.15) is 0 Å². The summed E-state index contributed by atoms with van der Waals surface area (Å²) in [6.45, 7) is 0.700. The average Bonchev–Trinajstić information content (AvgIpc) is 2.48. The summed E-state index contributed by atoms with van der Waals surface area (Å²) in [4.78, 5) is 6.12. The molecule has 0 spiro atoms. The third-order valence-corrected chi connectivity index (χ3v) is 3.06. The van der Waals surface area contributed by atoms with Crippen LogP contribution in [-0.4, -0.2) is 25.0 Å². The molecule has 0 radical (unpaired) electrons. The van der Waals surface area contributed by atoms with E-state index in [9.17, 15) is 0 Å². The molecule has 0 atom stereocenters. The van der Waals surface area contributed by atoms with Crippen LogP contribution in [0.3, 0.4) is 0 Å². The molecule has 3 N–H and O–H groups in total. The first-order chi connectivity index (χ1) is 9.61. The highest BCUT2D eigenvalue weighted by molar-refractivity contribution is 5.93. The largest absolute Gasteiger partial charge is 0.496 e. The molecule has 1 aromatic heterocycles. The van der Waals surface area contributed by atoms with Crippen LogP contribution in [0.1, 0.15) is 11.3 Å². The van der Waals surface area contributed by atoms with Gasteiger partial charge in [0.2, 0.25) is 0 Å². The van der Waals surface area contributed by atoms with Crippen molar-refractivity contribution in [2.75, 3.05) is 19.1 Å². The highest BCUT2D eigenvalue weighted by Crippen LogP contribution is 2.22. The zero-order valence-corrected chi connectivity index (χ0v) is 11.6.